The summed E-state index contributed by atoms with van der Waals surface area (Å²) in [6, 6.07) is 10.5. The second-order valence-electron chi connectivity index (χ2n) is 7.93. The van der Waals surface area contributed by atoms with Crippen molar-refractivity contribution in [3.05, 3.63) is 81.0 Å². The van der Waals surface area contributed by atoms with Crippen molar-refractivity contribution in [2.45, 2.75) is 59.3 Å². The number of methoxy groups -OCH3 is 1. The van der Waals surface area contributed by atoms with E-state index in [-0.39, 0.29) is 11.9 Å². The van der Waals surface area contributed by atoms with Crippen LogP contribution in [0.25, 0.3) is 0 Å². The Morgan fingerprint density at radius 1 is 1.03 bits per heavy atom. The van der Waals surface area contributed by atoms with E-state index in [4.69, 9.17) is 9.73 Å². The third-order valence-corrected chi connectivity index (χ3v) is 6.24. The van der Waals surface area contributed by atoms with Crippen molar-refractivity contribution in [1.29, 1.82) is 0 Å². The molecule has 0 N–H and O–H groups in total. The Hall–Kier alpha value is -2.68. The Morgan fingerprint density at radius 2 is 1.83 bits per heavy atom. The number of carbonyl (C=O) groups is 1. The molecule has 0 bridgehead atoms. The zero-order chi connectivity index (χ0) is 21.0. The van der Waals surface area contributed by atoms with Crippen molar-refractivity contribution >= 4 is 12.2 Å². The third kappa shape index (κ3) is 4.50. The maximum atomic E-state index is 12.1. The van der Waals surface area contributed by atoms with Crippen molar-refractivity contribution in [2.75, 3.05) is 7.11 Å². The molecule has 1 aliphatic rings. The van der Waals surface area contributed by atoms with E-state index in [1.165, 1.54) is 29.4 Å². The standard InChI is InChI=1S/C26H31NO2/c1-17-10-9-11-22(18(17)2)24(25-12-7-6-8-15-27-25)16-21-13-14-23(26(28)29-5)20(4)19(21)3/h9-15,24H,6-8,16H2,1-5H3. The normalized spacial score (nSPS) is 14.9. The number of ether oxygens (including phenoxy) is 1. The molecule has 0 spiro atoms. The summed E-state index contributed by atoms with van der Waals surface area (Å²) in [5, 5.41) is 0. The quantitative estimate of drug-likeness (QED) is 0.573. The van der Waals surface area contributed by atoms with Gasteiger partial charge in [-0.1, -0.05) is 30.3 Å². The van der Waals surface area contributed by atoms with Gasteiger partial charge in [0, 0.05) is 17.8 Å². The predicted molar refractivity (Wildman–Crippen MR) is 120 cm³/mol. The van der Waals surface area contributed by atoms with Gasteiger partial charge in [-0.05, 0) is 92.8 Å². The minimum atomic E-state index is -0.278. The van der Waals surface area contributed by atoms with E-state index in [2.05, 4.69) is 57.3 Å². The molecular formula is C26H31NO2. The Bertz CT molecular complexity index is 969. The number of esters is 1. The van der Waals surface area contributed by atoms with Gasteiger partial charge in [0.05, 0.1) is 12.7 Å². The lowest BCUT2D eigenvalue weighted by Crippen LogP contribution is -2.11. The third-order valence-electron chi connectivity index (χ3n) is 6.24. The molecule has 29 heavy (non-hydrogen) atoms. The smallest absolute Gasteiger partial charge is 0.338 e. The van der Waals surface area contributed by atoms with E-state index in [0.717, 1.165) is 42.5 Å². The topological polar surface area (TPSA) is 38.7 Å². The van der Waals surface area contributed by atoms with Crippen LogP contribution in [-0.4, -0.2) is 19.3 Å². The van der Waals surface area contributed by atoms with Crippen LogP contribution in [0, 0.1) is 27.7 Å². The van der Waals surface area contributed by atoms with E-state index < -0.39 is 0 Å². The van der Waals surface area contributed by atoms with Crippen molar-refractivity contribution in [3.8, 4) is 0 Å². The second kappa shape index (κ2) is 9.21. The summed E-state index contributed by atoms with van der Waals surface area (Å²) in [5.41, 5.74) is 9.17. The van der Waals surface area contributed by atoms with Gasteiger partial charge in [-0.2, -0.15) is 0 Å². The van der Waals surface area contributed by atoms with Gasteiger partial charge in [-0.3, -0.25) is 4.99 Å². The van der Waals surface area contributed by atoms with Crippen LogP contribution < -0.4 is 0 Å². The average Bonchev–Trinajstić information content (AvgIpc) is 3.00. The number of aliphatic imine (C=N–C) groups is 1. The summed E-state index contributed by atoms with van der Waals surface area (Å²) in [4.78, 5) is 16.9. The van der Waals surface area contributed by atoms with Crippen molar-refractivity contribution in [1.82, 2.24) is 0 Å². The number of carbonyl (C=O) groups excluding carboxylic acids is 1. The van der Waals surface area contributed by atoms with Gasteiger partial charge in [0.15, 0.2) is 0 Å². The number of allylic oxidation sites excluding steroid dienone is 2. The molecule has 1 aliphatic heterocycles. The summed E-state index contributed by atoms with van der Waals surface area (Å²) in [6.45, 7) is 8.47. The van der Waals surface area contributed by atoms with E-state index in [1.54, 1.807) is 0 Å². The molecular weight excluding hydrogens is 358 g/mol. The average molecular weight is 390 g/mol. The number of benzene rings is 2. The lowest BCUT2D eigenvalue weighted by Gasteiger charge is -2.23. The minimum Gasteiger partial charge on any atom is -0.465 e. The second-order valence-corrected chi connectivity index (χ2v) is 7.93. The molecule has 3 heteroatoms. The van der Waals surface area contributed by atoms with E-state index in [9.17, 15) is 4.79 Å². The van der Waals surface area contributed by atoms with Gasteiger partial charge in [-0.25, -0.2) is 4.79 Å². The number of aryl methyl sites for hydroxylation is 1. The highest BCUT2D eigenvalue weighted by Gasteiger charge is 2.22. The lowest BCUT2D eigenvalue weighted by atomic mass is 9.83. The van der Waals surface area contributed by atoms with Crippen LogP contribution >= 0.6 is 0 Å². The van der Waals surface area contributed by atoms with Gasteiger partial charge in [0.2, 0.25) is 0 Å². The molecule has 0 saturated carbocycles. The number of nitrogens with zero attached hydrogens (tertiary/aromatic N) is 1. The Kier molecular flexibility index (Phi) is 6.68. The van der Waals surface area contributed by atoms with Gasteiger partial charge in [0.25, 0.3) is 0 Å². The van der Waals surface area contributed by atoms with Crippen LogP contribution in [0.1, 0.15) is 68.9 Å². The Labute approximate surface area is 174 Å². The van der Waals surface area contributed by atoms with Crippen LogP contribution in [0.4, 0.5) is 0 Å². The highest BCUT2D eigenvalue weighted by atomic mass is 16.5. The van der Waals surface area contributed by atoms with E-state index >= 15 is 0 Å². The van der Waals surface area contributed by atoms with Crippen LogP contribution in [-0.2, 0) is 11.2 Å². The first-order chi connectivity index (χ1) is 13.9. The molecule has 0 saturated heterocycles. The zero-order valence-electron chi connectivity index (χ0n) is 18.2. The molecule has 0 aliphatic carbocycles. The summed E-state index contributed by atoms with van der Waals surface area (Å²) < 4.78 is 4.93. The minimum absolute atomic E-state index is 0.200. The first kappa shape index (κ1) is 21.0. The van der Waals surface area contributed by atoms with E-state index in [0.29, 0.717) is 5.56 Å². The molecule has 1 atom stereocenters. The Morgan fingerprint density at radius 3 is 2.59 bits per heavy atom. The van der Waals surface area contributed by atoms with Crippen LogP contribution in [0.5, 0.6) is 0 Å². The fraction of sp³-hybridized carbons (Fsp3) is 0.385. The number of rotatable bonds is 5. The molecule has 0 aromatic heterocycles. The predicted octanol–water partition coefficient (Wildman–Crippen LogP) is 6.17. The first-order valence-electron chi connectivity index (χ1n) is 10.4. The largest absolute Gasteiger partial charge is 0.465 e. The molecule has 0 fully saturated rings. The Balaban J connectivity index is 2.06. The monoisotopic (exact) mass is 389 g/mol. The molecule has 0 radical (unpaired) electrons. The maximum Gasteiger partial charge on any atom is 0.338 e. The highest BCUT2D eigenvalue weighted by Crippen LogP contribution is 2.35. The number of hydrogen-bond donors (Lipinski definition) is 0. The summed E-state index contributed by atoms with van der Waals surface area (Å²) in [5.74, 6) is -0.0781. The molecule has 152 valence electrons. The summed E-state index contributed by atoms with van der Waals surface area (Å²) >= 11 is 0. The lowest BCUT2D eigenvalue weighted by molar-refractivity contribution is 0.0600. The summed E-state index contributed by atoms with van der Waals surface area (Å²) in [7, 11) is 1.43. The fourth-order valence-corrected chi connectivity index (χ4v) is 4.09. The van der Waals surface area contributed by atoms with Crippen LogP contribution in [0.2, 0.25) is 0 Å². The first-order valence-corrected chi connectivity index (χ1v) is 10.4. The van der Waals surface area contributed by atoms with Crippen LogP contribution in [0.15, 0.2) is 47.1 Å². The van der Waals surface area contributed by atoms with Crippen LogP contribution in [0.3, 0.4) is 0 Å². The van der Waals surface area contributed by atoms with Gasteiger partial charge in [-0.15, -0.1) is 0 Å². The highest BCUT2D eigenvalue weighted by molar-refractivity contribution is 5.91. The fourth-order valence-electron chi connectivity index (χ4n) is 4.09. The van der Waals surface area contributed by atoms with Gasteiger partial charge >= 0.3 is 5.97 Å². The molecule has 2 aromatic rings. The van der Waals surface area contributed by atoms with Crippen molar-refractivity contribution in [3.63, 3.8) is 0 Å². The zero-order valence-corrected chi connectivity index (χ0v) is 18.2. The van der Waals surface area contributed by atoms with E-state index in [1.807, 2.05) is 13.0 Å². The number of hydrogen-bond acceptors (Lipinski definition) is 3. The maximum absolute atomic E-state index is 12.1. The summed E-state index contributed by atoms with van der Waals surface area (Å²) in [6.07, 6.45) is 8.48. The molecule has 3 nitrogen and oxygen atoms in total. The molecule has 1 heterocycles. The van der Waals surface area contributed by atoms with Gasteiger partial charge in [0.1, 0.15) is 0 Å². The molecule has 2 aromatic carbocycles. The molecule has 3 rings (SSSR count). The SMILES string of the molecule is COC(=O)c1ccc(CC(C2=CCCCC=N2)c2cccc(C)c2C)c(C)c1C. The molecule has 0 amide bonds. The van der Waals surface area contributed by atoms with Gasteiger partial charge < -0.3 is 4.74 Å². The molecule has 1 unspecified atom stereocenters. The van der Waals surface area contributed by atoms with Crippen molar-refractivity contribution < 1.29 is 9.53 Å². The van der Waals surface area contributed by atoms with Crippen molar-refractivity contribution in [2.24, 2.45) is 4.99 Å².